The summed E-state index contributed by atoms with van der Waals surface area (Å²) in [7, 11) is 0. The Balaban J connectivity index is 1.22. The molecule has 0 radical (unpaired) electrons. The van der Waals surface area contributed by atoms with Crippen LogP contribution in [0.25, 0.3) is 11.3 Å². The molecular weight excluding hydrogens is 372 g/mol. The van der Waals surface area contributed by atoms with Gasteiger partial charge in [-0.25, -0.2) is 0 Å². The molecule has 0 fully saturated rings. The van der Waals surface area contributed by atoms with Crippen molar-refractivity contribution in [3.63, 3.8) is 0 Å². The largest absolute Gasteiger partial charge is 0.454 e. The number of aromatic nitrogens is 1. The average molecular weight is 394 g/mol. The number of rotatable bonds is 8. The van der Waals surface area contributed by atoms with Crippen molar-refractivity contribution in [2.75, 3.05) is 19.9 Å². The van der Waals surface area contributed by atoms with E-state index in [-0.39, 0.29) is 31.8 Å². The van der Waals surface area contributed by atoms with Crippen LogP contribution in [0.1, 0.15) is 24.1 Å². The molecule has 0 bridgehead atoms. The van der Waals surface area contributed by atoms with Crippen LogP contribution in [0.3, 0.4) is 0 Å². The van der Waals surface area contributed by atoms with Gasteiger partial charge in [0, 0.05) is 18.2 Å². The molecule has 1 N–H and O–H groups in total. The first-order valence-corrected chi connectivity index (χ1v) is 9.44. The Morgan fingerprint density at radius 1 is 1.14 bits per heavy atom. The fourth-order valence-corrected chi connectivity index (χ4v) is 3.03. The summed E-state index contributed by atoms with van der Waals surface area (Å²) < 4.78 is 21.5. The zero-order valence-corrected chi connectivity index (χ0v) is 16.1. The number of hydrogen-bond acceptors (Lipinski definition) is 6. The number of nitrogens with zero attached hydrogens (tertiary/aromatic N) is 1. The first-order chi connectivity index (χ1) is 14.2. The molecule has 1 amide bonds. The summed E-state index contributed by atoms with van der Waals surface area (Å²) in [6, 6.07) is 17.4. The molecular formula is C22H22N2O5. The third-order valence-electron chi connectivity index (χ3n) is 4.67. The van der Waals surface area contributed by atoms with E-state index in [0.29, 0.717) is 29.5 Å². The van der Waals surface area contributed by atoms with Crippen LogP contribution in [0, 0.1) is 0 Å². The summed E-state index contributed by atoms with van der Waals surface area (Å²) in [5.41, 5.74) is 2.64. The van der Waals surface area contributed by atoms with Gasteiger partial charge in [-0.3, -0.25) is 4.79 Å². The molecule has 0 saturated carbocycles. The highest BCUT2D eigenvalue weighted by molar-refractivity contribution is 5.77. The van der Waals surface area contributed by atoms with Gasteiger partial charge in [0.05, 0.1) is 6.61 Å². The Morgan fingerprint density at radius 3 is 2.83 bits per heavy atom. The van der Waals surface area contributed by atoms with Crippen molar-refractivity contribution in [3.05, 3.63) is 65.9 Å². The zero-order chi connectivity index (χ0) is 20.1. The van der Waals surface area contributed by atoms with Crippen LogP contribution in [0.2, 0.25) is 0 Å². The van der Waals surface area contributed by atoms with Gasteiger partial charge in [0.1, 0.15) is 12.3 Å². The van der Waals surface area contributed by atoms with Crippen molar-refractivity contribution in [2.24, 2.45) is 0 Å². The molecule has 1 aliphatic rings. The second-order valence-corrected chi connectivity index (χ2v) is 6.86. The van der Waals surface area contributed by atoms with E-state index in [0.717, 1.165) is 5.56 Å². The predicted molar refractivity (Wildman–Crippen MR) is 106 cm³/mol. The first kappa shape index (κ1) is 19.0. The SMILES string of the molecule is C[C@@H](CNC(=O)COCc1cc(-c2ccc3c(c2)OCO3)on1)c1ccccc1. The highest BCUT2D eigenvalue weighted by Crippen LogP contribution is 2.36. The van der Waals surface area contributed by atoms with E-state index in [9.17, 15) is 4.79 Å². The zero-order valence-electron chi connectivity index (χ0n) is 16.1. The van der Waals surface area contributed by atoms with Crippen LogP contribution in [-0.4, -0.2) is 31.0 Å². The summed E-state index contributed by atoms with van der Waals surface area (Å²) in [5, 5.41) is 6.88. The number of ether oxygens (including phenoxy) is 3. The quantitative estimate of drug-likeness (QED) is 0.630. The number of benzene rings is 2. The maximum atomic E-state index is 12.0. The molecule has 0 unspecified atom stereocenters. The van der Waals surface area contributed by atoms with Gasteiger partial charge in [0.15, 0.2) is 17.3 Å². The van der Waals surface area contributed by atoms with Gasteiger partial charge in [-0.1, -0.05) is 42.4 Å². The van der Waals surface area contributed by atoms with Crippen LogP contribution in [-0.2, 0) is 16.1 Å². The van der Waals surface area contributed by atoms with Crippen molar-refractivity contribution in [3.8, 4) is 22.8 Å². The van der Waals surface area contributed by atoms with Gasteiger partial charge in [-0.2, -0.15) is 0 Å². The van der Waals surface area contributed by atoms with E-state index in [1.54, 1.807) is 6.07 Å². The summed E-state index contributed by atoms with van der Waals surface area (Å²) in [5.74, 6) is 2.07. The van der Waals surface area contributed by atoms with Gasteiger partial charge < -0.3 is 24.1 Å². The first-order valence-electron chi connectivity index (χ1n) is 9.44. The molecule has 2 heterocycles. The van der Waals surface area contributed by atoms with E-state index in [1.165, 1.54) is 5.56 Å². The van der Waals surface area contributed by atoms with E-state index in [2.05, 4.69) is 29.5 Å². The molecule has 0 aliphatic carbocycles. The molecule has 3 aromatic rings. The Labute approximate surface area is 168 Å². The fraction of sp³-hybridized carbons (Fsp3) is 0.273. The molecule has 4 rings (SSSR count). The molecule has 0 saturated heterocycles. The number of hydrogen-bond donors (Lipinski definition) is 1. The van der Waals surface area contributed by atoms with Crippen molar-refractivity contribution < 1.29 is 23.5 Å². The molecule has 2 aromatic carbocycles. The second kappa shape index (κ2) is 8.79. The highest BCUT2D eigenvalue weighted by atomic mass is 16.7. The van der Waals surface area contributed by atoms with Gasteiger partial charge in [-0.05, 0) is 29.7 Å². The van der Waals surface area contributed by atoms with Gasteiger partial charge in [0.25, 0.3) is 0 Å². The van der Waals surface area contributed by atoms with Crippen LogP contribution < -0.4 is 14.8 Å². The van der Waals surface area contributed by atoms with E-state index in [4.69, 9.17) is 18.7 Å². The van der Waals surface area contributed by atoms with Crippen molar-refractivity contribution >= 4 is 5.91 Å². The maximum absolute atomic E-state index is 12.0. The second-order valence-electron chi connectivity index (χ2n) is 6.86. The number of carbonyl (C=O) groups is 1. The van der Waals surface area contributed by atoms with E-state index >= 15 is 0 Å². The number of fused-ring (bicyclic) bond motifs is 1. The van der Waals surface area contributed by atoms with Gasteiger partial charge >= 0.3 is 0 Å². The predicted octanol–water partition coefficient (Wildman–Crippen LogP) is 3.51. The van der Waals surface area contributed by atoms with E-state index in [1.807, 2.05) is 36.4 Å². The van der Waals surface area contributed by atoms with Crippen LogP contribution in [0.4, 0.5) is 0 Å². The summed E-state index contributed by atoms with van der Waals surface area (Å²) in [6.45, 7) is 3.01. The van der Waals surface area contributed by atoms with Crippen LogP contribution in [0.15, 0.2) is 59.1 Å². The molecule has 1 atom stereocenters. The molecule has 29 heavy (non-hydrogen) atoms. The molecule has 1 aliphatic heterocycles. The molecule has 7 heteroatoms. The Bertz CT molecular complexity index is 970. The van der Waals surface area contributed by atoms with Gasteiger partial charge in [-0.15, -0.1) is 0 Å². The minimum Gasteiger partial charge on any atom is -0.454 e. The minimum atomic E-state index is -0.160. The molecule has 1 aromatic heterocycles. The summed E-state index contributed by atoms with van der Waals surface area (Å²) in [4.78, 5) is 12.0. The maximum Gasteiger partial charge on any atom is 0.246 e. The van der Waals surface area contributed by atoms with Crippen molar-refractivity contribution in [1.82, 2.24) is 10.5 Å². The topological polar surface area (TPSA) is 82.8 Å². The fourth-order valence-electron chi connectivity index (χ4n) is 3.03. The summed E-state index contributed by atoms with van der Waals surface area (Å²) in [6.07, 6.45) is 0. The van der Waals surface area contributed by atoms with Crippen LogP contribution in [0.5, 0.6) is 11.5 Å². The molecule has 7 nitrogen and oxygen atoms in total. The normalized spacial score (nSPS) is 13.3. The van der Waals surface area contributed by atoms with Crippen molar-refractivity contribution in [2.45, 2.75) is 19.4 Å². The lowest BCUT2D eigenvalue weighted by Crippen LogP contribution is -2.30. The Morgan fingerprint density at radius 2 is 1.97 bits per heavy atom. The summed E-state index contributed by atoms with van der Waals surface area (Å²) >= 11 is 0. The average Bonchev–Trinajstić information content (AvgIpc) is 3.41. The Hall–Kier alpha value is -3.32. The van der Waals surface area contributed by atoms with Crippen molar-refractivity contribution in [1.29, 1.82) is 0 Å². The Kier molecular flexibility index (Phi) is 5.76. The standard InChI is InChI=1S/C22H22N2O5/c1-15(16-5-3-2-4-6-16)11-23-22(25)13-26-12-18-10-20(29-24-18)17-7-8-19-21(9-17)28-14-27-19/h2-10,15H,11-14H2,1H3,(H,23,25)/t15-/m0/s1. The number of nitrogens with one attached hydrogen (secondary N) is 1. The highest BCUT2D eigenvalue weighted by Gasteiger charge is 2.16. The lowest BCUT2D eigenvalue weighted by Gasteiger charge is -2.13. The van der Waals surface area contributed by atoms with E-state index < -0.39 is 0 Å². The third-order valence-corrected chi connectivity index (χ3v) is 4.67. The number of amides is 1. The monoisotopic (exact) mass is 394 g/mol. The lowest BCUT2D eigenvalue weighted by molar-refractivity contribution is -0.126. The third kappa shape index (κ3) is 4.75. The van der Waals surface area contributed by atoms with Crippen LogP contribution >= 0.6 is 0 Å². The smallest absolute Gasteiger partial charge is 0.246 e. The minimum absolute atomic E-state index is 0.0340. The molecule has 150 valence electrons. The molecule has 0 spiro atoms. The lowest BCUT2D eigenvalue weighted by atomic mass is 10.0. The number of carbonyl (C=O) groups excluding carboxylic acids is 1. The van der Waals surface area contributed by atoms with Gasteiger partial charge in [0.2, 0.25) is 12.7 Å².